The van der Waals surface area contributed by atoms with E-state index in [0.717, 1.165) is 12.5 Å². The van der Waals surface area contributed by atoms with Crippen LogP contribution in [0.1, 0.15) is 18.9 Å². The Morgan fingerprint density at radius 2 is 1.78 bits per heavy atom. The highest BCUT2D eigenvalue weighted by Gasteiger charge is 2.24. The summed E-state index contributed by atoms with van der Waals surface area (Å²) < 4.78 is 0. The predicted molar refractivity (Wildman–Crippen MR) is 87.2 cm³/mol. The summed E-state index contributed by atoms with van der Waals surface area (Å²) >= 11 is 0. The van der Waals surface area contributed by atoms with Crippen LogP contribution in [0, 0.1) is 5.92 Å². The number of hydrogen-bond acceptors (Lipinski definition) is 4. The molecule has 130 valence electrons. The highest BCUT2D eigenvalue weighted by molar-refractivity contribution is 6.27. The van der Waals surface area contributed by atoms with Gasteiger partial charge in [-0.05, 0) is 31.5 Å². The largest absolute Gasteiger partial charge is 0.473 e. The van der Waals surface area contributed by atoms with Crippen LogP contribution in [0.3, 0.4) is 0 Å². The van der Waals surface area contributed by atoms with E-state index in [1.54, 1.807) is 0 Å². The van der Waals surface area contributed by atoms with E-state index in [2.05, 4.69) is 54.5 Å². The Bertz CT molecular complexity index is 469. The highest BCUT2D eigenvalue weighted by atomic mass is 16.4. The molecular weight excluding hydrogens is 300 g/mol. The van der Waals surface area contributed by atoms with Crippen LogP contribution < -0.4 is 5.32 Å². The first-order valence-electron chi connectivity index (χ1n) is 7.33. The standard InChI is InChI=1S/C14H22N2.C2H2O4.H2O/c1-12-8-9-16(11-14(12)15-2)10-13-6-4-3-5-7-13;3-1(4)2(5)6;/h3-7,12,14-15H,8-11H2,1-2H3;(H,3,4)(H,5,6);1H2/t12-,14+;;/m1../s1. The number of carboxylic acids is 2. The second-order valence-corrected chi connectivity index (χ2v) is 5.49. The molecular formula is C16H26N2O5. The molecule has 0 aromatic heterocycles. The molecule has 1 aliphatic heterocycles. The molecule has 0 radical (unpaired) electrons. The number of piperidine rings is 1. The lowest BCUT2D eigenvalue weighted by Gasteiger charge is -2.37. The van der Waals surface area contributed by atoms with Crippen molar-refractivity contribution in [3.05, 3.63) is 35.9 Å². The Morgan fingerprint density at radius 3 is 2.26 bits per heavy atom. The number of carbonyl (C=O) groups is 2. The van der Waals surface area contributed by atoms with E-state index in [1.165, 1.54) is 25.1 Å². The van der Waals surface area contributed by atoms with Gasteiger partial charge in [0.05, 0.1) is 0 Å². The quantitative estimate of drug-likeness (QED) is 0.693. The molecule has 0 unspecified atom stereocenters. The van der Waals surface area contributed by atoms with Crippen LogP contribution in [0.4, 0.5) is 0 Å². The van der Waals surface area contributed by atoms with Crippen LogP contribution >= 0.6 is 0 Å². The minimum absolute atomic E-state index is 0. The number of hydrogen-bond donors (Lipinski definition) is 3. The van der Waals surface area contributed by atoms with Gasteiger partial charge in [-0.25, -0.2) is 9.59 Å². The molecule has 7 heteroatoms. The Balaban J connectivity index is 0.000000599. The van der Waals surface area contributed by atoms with Gasteiger partial charge in [-0.2, -0.15) is 0 Å². The summed E-state index contributed by atoms with van der Waals surface area (Å²) in [5, 5.41) is 18.2. The van der Waals surface area contributed by atoms with E-state index in [1.807, 2.05) is 0 Å². The molecule has 2 atom stereocenters. The summed E-state index contributed by atoms with van der Waals surface area (Å²) in [5.41, 5.74) is 1.42. The second kappa shape index (κ2) is 10.7. The lowest BCUT2D eigenvalue weighted by atomic mass is 9.93. The zero-order valence-corrected chi connectivity index (χ0v) is 13.5. The third kappa shape index (κ3) is 7.73. The van der Waals surface area contributed by atoms with Gasteiger partial charge in [-0.15, -0.1) is 0 Å². The minimum Gasteiger partial charge on any atom is -0.473 e. The predicted octanol–water partition coefficient (Wildman–Crippen LogP) is 0.447. The molecule has 0 spiro atoms. The molecule has 1 heterocycles. The number of nitrogens with zero attached hydrogens (tertiary/aromatic N) is 1. The maximum atomic E-state index is 9.10. The number of likely N-dealkylation sites (tertiary alicyclic amines) is 1. The van der Waals surface area contributed by atoms with E-state index in [9.17, 15) is 0 Å². The molecule has 1 saturated heterocycles. The maximum Gasteiger partial charge on any atom is 0.414 e. The molecule has 0 saturated carbocycles. The molecule has 0 amide bonds. The van der Waals surface area contributed by atoms with Gasteiger partial charge in [-0.3, -0.25) is 4.90 Å². The Kier molecular flexibility index (Phi) is 9.80. The number of benzene rings is 1. The highest BCUT2D eigenvalue weighted by Crippen LogP contribution is 2.18. The number of likely N-dealkylation sites (N-methyl/N-ethyl adjacent to an activating group) is 1. The van der Waals surface area contributed by atoms with Crippen molar-refractivity contribution >= 4 is 11.9 Å². The van der Waals surface area contributed by atoms with Gasteiger partial charge in [0.1, 0.15) is 0 Å². The van der Waals surface area contributed by atoms with Crippen LogP contribution in [0.2, 0.25) is 0 Å². The lowest BCUT2D eigenvalue weighted by Crippen LogP contribution is -2.48. The van der Waals surface area contributed by atoms with Crippen LogP contribution in [0.15, 0.2) is 30.3 Å². The summed E-state index contributed by atoms with van der Waals surface area (Å²) in [6.45, 7) is 5.84. The first-order valence-corrected chi connectivity index (χ1v) is 7.33. The maximum absolute atomic E-state index is 9.10. The molecule has 0 aliphatic carbocycles. The van der Waals surface area contributed by atoms with Gasteiger partial charge in [0, 0.05) is 19.1 Å². The van der Waals surface area contributed by atoms with Gasteiger partial charge in [0.25, 0.3) is 0 Å². The zero-order valence-electron chi connectivity index (χ0n) is 13.5. The normalized spacial score (nSPS) is 20.6. The van der Waals surface area contributed by atoms with E-state index < -0.39 is 11.9 Å². The topological polar surface area (TPSA) is 121 Å². The van der Waals surface area contributed by atoms with Crippen LogP contribution in [0.5, 0.6) is 0 Å². The Labute approximate surface area is 136 Å². The molecule has 1 aliphatic rings. The van der Waals surface area contributed by atoms with Gasteiger partial charge in [0.2, 0.25) is 0 Å². The Morgan fingerprint density at radius 1 is 1.22 bits per heavy atom. The smallest absolute Gasteiger partial charge is 0.414 e. The van der Waals surface area contributed by atoms with Crippen LogP contribution in [-0.4, -0.2) is 58.7 Å². The summed E-state index contributed by atoms with van der Waals surface area (Å²) in [4.78, 5) is 20.8. The van der Waals surface area contributed by atoms with Gasteiger partial charge in [-0.1, -0.05) is 37.3 Å². The fourth-order valence-electron chi connectivity index (χ4n) is 2.50. The van der Waals surface area contributed by atoms with E-state index in [4.69, 9.17) is 19.8 Å². The van der Waals surface area contributed by atoms with E-state index >= 15 is 0 Å². The van der Waals surface area contributed by atoms with Crippen molar-refractivity contribution < 1.29 is 25.3 Å². The van der Waals surface area contributed by atoms with Gasteiger partial charge >= 0.3 is 11.9 Å². The van der Waals surface area contributed by atoms with Gasteiger partial charge in [0.15, 0.2) is 0 Å². The number of aliphatic carboxylic acids is 2. The summed E-state index contributed by atoms with van der Waals surface area (Å²) in [7, 11) is 2.08. The molecule has 1 aromatic rings. The lowest BCUT2D eigenvalue weighted by molar-refractivity contribution is -0.159. The monoisotopic (exact) mass is 326 g/mol. The van der Waals surface area contributed by atoms with Gasteiger partial charge < -0.3 is 21.0 Å². The van der Waals surface area contributed by atoms with Crippen LogP contribution in [-0.2, 0) is 16.1 Å². The first-order chi connectivity index (χ1) is 10.4. The van der Waals surface area contributed by atoms with Crippen molar-refractivity contribution in [3.8, 4) is 0 Å². The summed E-state index contributed by atoms with van der Waals surface area (Å²) in [6.07, 6.45) is 1.30. The third-order valence-corrected chi connectivity index (χ3v) is 3.85. The fraction of sp³-hybridized carbons (Fsp3) is 0.500. The molecule has 0 bridgehead atoms. The van der Waals surface area contributed by atoms with Crippen molar-refractivity contribution in [2.24, 2.45) is 5.92 Å². The number of carboxylic acid groups (broad SMARTS) is 2. The molecule has 1 aromatic carbocycles. The second-order valence-electron chi connectivity index (χ2n) is 5.49. The van der Waals surface area contributed by atoms with Crippen LogP contribution in [0.25, 0.3) is 0 Å². The minimum atomic E-state index is -1.82. The van der Waals surface area contributed by atoms with Crippen molar-refractivity contribution in [2.45, 2.75) is 25.9 Å². The average molecular weight is 326 g/mol. The molecule has 5 N–H and O–H groups in total. The fourth-order valence-corrected chi connectivity index (χ4v) is 2.50. The first kappa shape index (κ1) is 21.0. The number of rotatable bonds is 3. The molecule has 7 nitrogen and oxygen atoms in total. The Hall–Kier alpha value is -1.96. The molecule has 1 fully saturated rings. The van der Waals surface area contributed by atoms with Crippen molar-refractivity contribution in [1.82, 2.24) is 10.2 Å². The average Bonchev–Trinajstić information content (AvgIpc) is 2.50. The van der Waals surface area contributed by atoms with E-state index in [-0.39, 0.29) is 5.48 Å². The van der Waals surface area contributed by atoms with E-state index in [0.29, 0.717) is 6.04 Å². The molecule has 23 heavy (non-hydrogen) atoms. The third-order valence-electron chi connectivity index (χ3n) is 3.85. The van der Waals surface area contributed by atoms with Crippen molar-refractivity contribution in [3.63, 3.8) is 0 Å². The number of nitrogens with one attached hydrogen (secondary N) is 1. The van der Waals surface area contributed by atoms with Crippen molar-refractivity contribution in [1.29, 1.82) is 0 Å². The summed E-state index contributed by atoms with van der Waals surface area (Å²) in [6, 6.07) is 11.4. The SMILES string of the molecule is CN[C@H]1CN(Cc2ccccc2)CC[C@H]1C.O.O=C(O)C(=O)O. The summed E-state index contributed by atoms with van der Waals surface area (Å²) in [5.74, 6) is -2.85. The molecule has 2 rings (SSSR count). The van der Waals surface area contributed by atoms with Crippen molar-refractivity contribution in [2.75, 3.05) is 20.1 Å². The zero-order chi connectivity index (χ0) is 16.5.